The van der Waals surface area contributed by atoms with Crippen LogP contribution in [0.1, 0.15) is 30.9 Å². The summed E-state index contributed by atoms with van der Waals surface area (Å²) in [4.78, 5) is 8.52. The van der Waals surface area contributed by atoms with Crippen molar-refractivity contribution in [3.05, 3.63) is 59.5 Å². The van der Waals surface area contributed by atoms with Gasteiger partial charge in [-0.1, -0.05) is 24.3 Å². The monoisotopic (exact) mass is 356 g/mol. The van der Waals surface area contributed by atoms with Crippen molar-refractivity contribution < 1.29 is 9.13 Å². The molecule has 1 aliphatic carbocycles. The van der Waals surface area contributed by atoms with Crippen LogP contribution in [0, 0.1) is 5.82 Å². The first kappa shape index (κ1) is 18.2. The highest BCUT2D eigenvalue weighted by molar-refractivity contribution is 5.79. The van der Waals surface area contributed by atoms with Crippen molar-refractivity contribution in [3.8, 4) is 5.88 Å². The summed E-state index contributed by atoms with van der Waals surface area (Å²) < 4.78 is 19.7. The van der Waals surface area contributed by atoms with E-state index in [4.69, 9.17) is 4.74 Å². The van der Waals surface area contributed by atoms with E-state index >= 15 is 0 Å². The van der Waals surface area contributed by atoms with Gasteiger partial charge in [-0.25, -0.2) is 9.37 Å². The third kappa shape index (κ3) is 4.12. The number of benzene rings is 1. The Morgan fingerprint density at radius 2 is 2.04 bits per heavy atom. The van der Waals surface area contributed by atoms with Crippen LogP contribution in [0.25, 0.3) is 0 Å². The van der Waals surface area contributed by atoms with E-state index in [1.807, 2.05) is 31.2 Å². The molecule has 1 aromatic carbocycles. The molecule has 0 spiro atoms. The molecule has 1 saturated carbocycles. The Hall–Kier alpha value is -2.63. The van der Waals surface area contributed by atoms with Gasteiger partial charge in [-0.15, -0.1) is 0 Å². The summed E-state index contributed by atoms with van der Waals surface area (Å²) in [6, 6.07) is 10.9. The van der Waals surface area contributed by atoms with Gasteiger partial charge in [0.1, 0.15) is 5.82 Å². The molecule has 3 rings (SSSR count). The minimum Gasteiger partial charge on any atom is -0.478 e. The number of pyridine rings is 1. The summed E-state index contributed by atoms with van der Waals surface area (Å²) in [6.07, 6.45) is 3.68. The van der Waals surface area contributed by atoms with Crippen molar-refractivity contribution >= 4 is 5.96 Å². The Balaban J connectivity index is 1.59. The number of rotatable bonds is 7. The number of ether oxygens (including phenoxy) is 1. The van der Waals surface area contributed by atoms with E-state index in [0.717, 1.165) is 24.0 Å². The predicted octanol–water partition coefficient (Wildman–Crippen LogP) is 3.02. The highest BCUT2D eigenvalue weighted by atomic mass is 19.1. The van der Waals surface area contributed by atoms with E-state index in [0.29, 0.717) is 31.5 Å². The Bertz CT molecular complexity index is 774. The van der Waals surface area contributed by atoms with Gasteiger partial charge in [0.15, 0.2) is 5.96 Å². The Morgan fingerprint density at radius 1 is 1.23 bits per heavy atom. The summed E-state index contributed by atoms with van der Waals surface area (Å²) in [5.74, 6) is 1.17. The zero-order valence-electron chi connectivity index (χ0n) is 15.3. The van der Waals surface area contributed by atoms with Crippen LogP contribution < -0.4 is 15.4 Å². The summed E-state index contributed by atoms with van der Waals surface area (Å²) in [7, 11) is 1.73. The van der Waals surface area contributed by atoms with Gasteiger partial charge in [0.2, 0.25) is 5.88 Å². The second-order valence-electron chi connectivity index (χ2n) is 6.44. The second kappa shape index (κ2) is 8.17. The first-order valence-corrected chi connectivity index (χ1v) is 8.95. The van der Waals surface area contributed by atoms with Crippen molar-refractivity contribution in [2.75, 3.05) is 20.2 Å². The van der Waals surface area contributed by atoms with Gasteiger partial charge in [0.25, 0.3) is 0 Å². The van der Waals surface area contributed by atoms with E-state index < -0.39 is 0 Å². The van der Waals surface area contributed by atoms with E-state index in [2.05, 4.69) is 20.6 Å². The van der Waals surface area contributed by atoms with Crippen molar-refractivity contribution in [1.29, 1.82) is 0 Å². The molecule has 0 saturated heterocycles. The second-order valence-corrected chi connectivity index (χ2v) is 6.44. The average molecular weight is 356 g/mol. The zero-order valence-corrected chi connectivity index (χ0v) is 15.3. The van der Waals surface area contributed by atoms with Crippen molar-refractivity contribution in [2.24, 2.45) is 4.99 Å². The summed E-state index contributed by atoms with van der Waals surface area (Å²) in [6.45, 7) is 3.71. The van der Waals surface area contributed by atoms with Gasteiger partial charge in [0.05, 0.1) is 6.61 Å². The molecule has 6 heteroatoms. The number of aliphatic imine (C=N–C) groups is 1. The molecular formula is C20H25FN4O. The molecule has 5 nitrogen and oxygen atoms in total. The quantitative estimate of drug-likeness (QED) is 0.591. The maximum absolute atomic E-state index is 14.1. The summed E-state index contributed by atoms with van der Waals surface area (Å²) in [5.41, 5.74) is 1.62. The van der Waals surface area contributed by atoms with Crippen molar-refractivity contribution in [2.45, 2.75) is 31.7 Å². The molecule has 2 aromatic rings. The molecule has 0 radical (unpaired) electrons. The summed E-state index contributed by atoms with van der Waals surface area (Å²) in [5, 5.41) is 6.61. The van der Waals surface area contributed by atoms with Gasteiger partial charge < -0.3 is 15.4 Å². The van der Waals surface area contributed by atoms with Crippen LogP contribution in [0.4, 0.5) is 4.39 Å². The number of nitrogens with zero attached hydrogens (tertiary/aromatic N) is 2. The zero-order chi connectivity index (χ0) is 18.4. The molecular weight excluding hydrogens is 331 g/mol. The third-order valence-corrected chi connectivity index (χ3v) is 4.69. The van der Waals surface area contributed by atoms with E-state index in [1.165, 1.54) is 6.07 Å². The molecule has 0 bridgehead atoms. The van der Waals surface area contributed by atoms with Crippen LogP contribution in [0.3, 0.4) is 0 Å². The van der Waals surface area contributed by atoms with Gasteiger partial charge in [0, 0.05) is 37.3 Å². The molecule has 1 fully saturated rings. The topological polar surface area (TPSA) is 58.5 Å². The van der Waals surface area contributed by atoms with Crippen molar-refractivity contribution in [1.82, 2.24) is 15.6 Å². The molecule has 0 aliphatic heterocycles. The van der Waals surface area contributed by atoms with Crippen LogP contribution in [0.5, 0.6) is 5.88 Å². The Labute approximate surface area is 153 Å². The average Bonchev–Trinajstić information content (AvgIpc) is 3.44. The van der Waals surface area contributed by atoms with Crippen LogP contribution >= 0.6 is 0 Å². The normalized spacial score (nSPS) is 15.4. The minimum atomic E-state index is -0.133. The molecule has 0 amide bonds. The lowest BCUT2D eigenvalue weighted by Gasteiger charge is -2.20. The first-order valence-electron chi connectivity index (χ1n) is 8.95. The van der Waals surface area contributed by atoms with Crippen LogP contribution in [0.2, 0.25) is 0 Å². The maximum Gasteiger partial charge on any atom is 0.218 e. The fourth-order valence-corrected chi connectivity index (χ4v) is 3.06. The largest absolute Gasteiger partial charge is 0.478 e. The number of aromatic nitrogens is 1. The van der Waals surface area contributed by atoms with Gasteiger partial charge >= 0.3 is 0 Å². The highest BCUT2D eigenvalue weighted by Crippen LogP contribution is 2.48. The van der Waals surface area contributed by atoms with E-state index in [-0.39, 0.29) is 11.2 Å². The van der Waals surface area contributed by atoms with Gasteiger partial charge in [-0.2, -0.15) is 0 Å². The van der Waals surface area contributed by atoms with Crippen LogP contribution in [-0.2, 0) is 12.0 Å². The van der Waals surface area contributed by atoms with E-state index in [1.54, 1.807) is 19.3 Å². The highest BCUT2D eigenvalue weighted by Gasteiger charge is 2.45. The van der Waals surface area contributed by atoms with Gasteiger partial charge in [-0.05, 0) is 37.5 Å². The maximum atomic E-state index is 14.1. The molecule has 0 atom stereocenters. The molecule has 138 valence electrons. The third-order valence-electron chi connectivity index (χ3n) is 4.69. The number of hydrogen-bond donors (Lipinski definition) is 2. The lowest BCUT2D eigenvalue weighted by molar-refractivity contribution is 0.322. The molecule has 1 aromatic heterocycles. The molecule has 1 heterocycles. The smallest absolute Gasteiger partial charge is 0.218 e. The Kier molecular flexibility index (Phi) is 5.71. The fourth-order valence-electron chi connectivity index (χ4n) is 3.06. The molecule has 2 N–H and O–H groups in total. The fraction of sp³-hybridized carbons (Fsp3) is 0.400. The first-order chi connectivity index (χ1) is 12.7. The predicted molar refractivity (Wildman–Crippen MR) is 101 cm³/mol. The lowest BCUT2D eigenvalue weighted by Crippen LogP contribution is -2.41. The minimum absolute atomic E-state index is 0.131. The number of halogens is 1. The summed E-state index contributed by atoms with van der Waals surface area (Å²) >= 11 is 0. The molecule has 26 heavy (non-hydrogen) atoms. The molecule has 1 aliphatic rings. The standard InChI is InChI=1S/C20H25FN4O/c1-3-26-18-15(7-6-12-23-18)13-24-19(22-2)25-14-20(10-11-20)16-8-4-5-9-17(16)21/h4-9,12H,3,10-11,13-14H2,1-2H3,(H2,22,24,25). The van der Waals surface area contributed by atoms with Crippen LogP contribution in [0.15, 0.2) is 47.6 Å². The lowest BCUT2D eigenvalue weighted by atomic mass is 9.95. The van der Waals surface area contributed by atoms with Gasteiger partial charge in [-0.3, -0.25) is 4.99 Å². The number of hydrogen-bond acceptors (Lipinski definition) is 3. The van der Waals surface area contributed by atoms with E-state index in [9.17, 15) is 4.39 Å². The van der Waals surface area contributed by atoms with Crippen molar-refractivity contribution in [3.63, 3.8) is 0 Å². The number of guanidine groups is 1. The molecule has 0 unspecified atom stereocenters. The SMILES string of the molecule is CCOc1ncccc1CNC(=NC)NCC1(c2ccccc2F)CC1. The Morgan fingerprint density at radius 3 is 2.73 bits per heavy atom. The van der Waals surface area contributed by atoms with Crippen LogP contribution in [-0.4, -0.2) is 31.1 Å². The number of nitrogens with one attached hydrogen (secondary N) is 2.